The molecule has 0 saturated carbocycles. The summed E-state index contributed by atoms with van der Waals surface area (Å²) in [5.74, 6) is -0.786. The van der Waals surface area contributed by atoms with Crippen molar-refractivity contribution >= 4 is 11.7 Å². The van der Waals surface area contributed by atoms with Crippen LogP contribution in [0.25, 0.3) is 0 Å². The minimum Gasteiger partial charge on any atom is -0.496 e. The highest BCUT2D eigenvalue weighted by Crippen LogP contribution is 2.24. The fraction of sp³-hybridized carbons (Fsp3) is 0.300. The minimum absolute atomic E-state index is 0.0276. The molecule has 0 aliphatic rings. The van der Waals surface area contributed by atoms with Gasteiger partial charge in [-0.25, -0.2) is 0 Å². The van der Waals surface area contributed by atoms with Crippen molar-refractivity contribution in [1.82, 2.24) is 0 Å². The van der Waals surface area contributed by atoms with Crippen LogP contribution in [0, 0.1) is 10.1 Å². The van der Waals surface area contributed by atoms with Gasteiger partial charge in [0.15, 0.2) is 0 Å². The van der Waals surface area contributed by atoms with Crippen molar-refractivity contribution in [2.75, 3.05) is 7.11 Å². The van der Waals surface area contributed by atoms with Crippen molar-refractivity contribution in [2.24, 2.45) is 5.73 Å². The molecule has 0 aliphatic carbocycles. The third-order valence-electron chi connectivity index (χ3n) is 2.23. The monoisotopic (exact) mass is 240 g/mol. The Morgan fingerprint density at radius 2 is 2.29 bits per heavy atom. The lowest BCUT2D eigenvalue weighted by molar-refractivity contribution is -0.384. The number of nitro benzene ring substituents is 1. The summed E-state index contributed by atoms with van der Waals surface area (Å²) in [6.07, 6.45) is -0.0276. The fourth-order valence-electron chi connectivity index (χ4n) is 1.36. The summed E-state index contributed by atoms with van der Waals surface area (Å²) < 4.78 is 4.99. The number of ether oxygens (including phenoxy) is 1. The average molecular weight is 240 g/mol. The summed E-state index contributed by atoms with van der Waals surface area (Å²) >= 11 is 0. The van der Waals surface area contributed by atoms with E-state index >= 15 is 0 Å². The zero-order valence-corrected chi connectivity index (χ0v) is 9.12. The Kier molecular flexibility index (Phi) is 4.00. The van der Waals surface area contributed by atoms with E-state index in [2.05, 4.69) is 0 Å². The number of methoxy groups -OCH3 is 1. The highest BCUT2D eigenvalue weighted by atomic mass is 16.6. The van der Waals surface area contributed by atoms with Gasteiger partial charge in [-0.15, -0.1) is 0 Å². The summed E-state index contributed by atoms with van der Waals surface area (Å²) in [7, 11) is 1.40. The van der Waals surface area contributed by atoms with E-state index in [1.807, 2.05) is 0 Å². The zero-order chi connectivity index (χ0) is 13.0. The lowest BCUT2D eigenvalue weighted by Gasteiger charge is -2.10. The van der Waals surface area contributed by atoms with Gasteiger partial charge < -0.3 is 15.6 Å². The predicted octanol–water partition coefficient (Wildman–Crippen LogP) is 0.558. The summed E-state index contributed by atoms with van der Waals surface area (Å²) in [4.78, 5) is 20.7. The van der Waals surface area contributed by atoms with E-state index in [1.54, 1.807) is 0 Å². The number of benzene rings is 1. The molecular formula is C10H12N2O5. The molecule has 0 spiro atoms. The molecule has 0 saturated heterocycles. The van der Waals surface area contributed by atoms with Crippen LogP contribution in [0.5, 0.6) is 5.75 Å². The SMILES string of the molecule is COc1ccc([N+](=O)[O-])cc1CC(N)C(=O)O. The van der Waals surface area contributed by atoms with E-state index in [0.29, 0.717) is 11.3 Å². The van der Waals surface area contributed by atoms with E-state index in [-0.39, 0.29) is 12.1 Å². The van der Waals surface area contributed by atoms with Gasteiger partial charge >= 0.3 is 5.97 Å². The number of aliphatic carboxylic acids is 1. The molecule has 0 fully saturated rings. The van der Waals surface area contributed by atoms with Gasteiger partial charge in [-0.2, -0.15) is 0 Å². The first-order chi connectivity index (χ1) is 7.95. The van der Waals surface area contributed by atoms with Crippen LogP contribution in [0.2, 0.25) is 0 Å². The van der Waals surface area contributed by atoms with Crippen LogP contribution in [0.4, 0.5) is 5.69 Å². The third-order valence-corrected chi connectivity index (χ3v) is 2.23. The largest absolute Gasteiger partial charge is 0.496 e. The first kappa shape index (κ1) is 12.9. The molecule has 1 unspecified atom stereocenters. The number of nitro groups is 1. The summed E-state index contributed by atoms with van der Waals surface area (Å²) in [5, 5.41) is 19.3. The summed E-state index contributed by atoms with van der Waals surface area (Å²) in [6.45, 7) is 0. The number of nitrogens with two attached hydrogens (primary N) is 1. The predicted molar refractivity (Wildman–Crippen MR) is 59.0 cm³/mol. The molecule has 3 N–H and O–H groups in total. The van der Waals surface area contributed by atoms with Gasteiger partial charge in [-0.05, 0) is 6.07 Å². The van der Waals surface area contributed by atoms with Gasteiger partial charge in [0.25, 0.3) is 5.69 Å². The molecule has 1 rings (SSSR count). The number of hydrogen-bond acceptors (Lipinski definition) is 5. The quantitative estimate of drug-likeness (QED) is 0.573. The number of carboxylic acids is 1. The Morgan fingerprint density at radius 1 is 1.65 bits per heavy atom. The van der Waals surface area contributed by atoms with Gasteiger partial charge in [0.05, 0.1) is 12.0 Å². The lowest BCUT2D eigenvalue weighted by Crippen LogP contribution is -2.32. The Labute approximate surface area is 97.0 Å². The Balaban J connectivity index is 3.06. The van der Waals surface area contributed by atoms with Gasteiger partial charge in [-0.1, -0.05) is 0 Å². The average Bonchev–Trinajstić information content (AvgIpc) is 2.28. The molecule has 1 atom stereocenters. The Morgan fingerprint density at radius 3 is 2.76 bits per heavy atom. The highest BCUT2D eigenvalue weighted by Gasteiger charge is 2.17. The van der Waals surface area contributed by atoms with E-state index < -0.39 is 16.9 Å². The summed E-state index contributed by atoms with van der Waals surface area (Å²) in [6, 6.07) is 2.85. The minimum atomic E-state index is -1.17. The topological polar surface area (TPSA) is 116 Å². The number of carbonyl (C=O) groups is 1. The van der Waals surface area contributed by atoms with Crippen molar-refractivity contribution in [1.29, 1.82) is 0 Å². The first-order valence-electron chi connectivity index (χ1n) is 4.75. The molecule has 0 amide bonds. The van der Waals surface area contributed by atoms with Crippen molar-refractivity contribution in [3.63, 3.8) is 0 Å². The first-order valence-corrected chi connectivity index (χ1v) is 4.75. The lowest BCUT2D eigenvalue weighted by atomic mass is 10.0. The van der Waals surface area contributed by atoms with Gasteiger partial charge in [-0.3, -0.25) is 14.9 Å². The molecule has 1 aromatic carbocycles. The van der Waals surface area contributed by atoms with Crippen molar-refractivity contribution < 1.29 is 19.6 Å². The third kappa shape index (κ3) is 3.15. The second-order valence-electron chi connectivity index (χ2n) is 3.40. The van der Waals surface area contributed by atoms with Crippen molar-refractivity contribution in [3.05, 3.63) is 33.9 Å². The standard InChI is InChI=1S/C10H12N2O5/c1-17-9-3-2-7(12(15)16)4-6(9)5-8(11)10(13)14/h2-4,8H,5,11H2,1H3,(H,13,14). The molecule has 92 valence electrons. The molecule has 7 nitrogen and oxygen atoms in total. The van der Waals surface area contributed by atoms with Gasteiger partial charge in [0, 0.05) is 24.1 Å². The Hall–Kier alpha value is -2.15. The van der Waals surface area contributed by atoms with Gasteiger partial charge in [0.1, 0.15) is 11.8 Å². The number of nitrogens with zero attached hydrogens (tertiary/aromatic N) is 1. The van der Waals surface area contributed by atoms with Crippen molar-refractivity contribution in [2.45, 2.75) is 12.5 Å². The number of rotatable bonds is 5. The molecule has 17 heavy (non-hydrogen) atoms. The molecule has 7 heteroatoms. The normalized spacial score (nSPS) is 11.9. The van der Waals surface area contributed by atoms with Crippen molar-refractivity contribution in [3.8, 4) is 5.75 Å². The molecule has 0 aliphatic heterocycles. The van der Waals surface area contributed by atoms with Crippen LogP contribution in [0.1, 0.15) is 5.56 Å². The van der Waals surface area contributed by atoms with E-state index in [9.17, 15) is 14.9 Å². The van der Waals surface area contributed by atoms with E-state index in [4.69, 9.17) is 15.6 Å². The summed E-state index contributed by atoms with van der Waals surface area (Å²) in [5.41, 5.74) is 5.65. The molecular weight excluding hydrogens is 228 g/mol. The van der Waals surface area contributed by atoms with Crippen LogP contribution < -0.4 is 10.5 Å². The van der Waals surface area contributed by atoms with E-state index in [1.165, 1.54) is 25.3 Å². The molecule has 1 aromatic rings. The maximum absolute atomic E-state index is 10.6. The van der Waals surface area contributed by atoms with Gasteiger partial charge in [0.2, 0.25) is 0 Å². The zero-order valence-electron chi connectivity index (χ0n) is 9.12. The van der Waals surface area contributed by atoms with Crippen LogP contribution in [0.15, 0.2) is 18.2 Å². The smallest absolute Gasteiger partial charge is 0.320 e. The molecule has 0 radical (unpaired) electrons. The van der Waals surface area contributed by atoms with E-state index in [0.717, 1.165) is 0 Å². The molecule has 0 bridgehead atoms. The molecule has 0 heterocycles. The molecule has 0 aromatic heterocycles. The van der Waals surface area contributed by atoms with Crippen LogP contribution in [0.3, 0.4) is 0 Å². The second kappa shape index (κ2) is 5.26. The van der Waals surface area contributed by atoms with Crippen LogP contribution in [-0.4, -0.2) is 29.2 Å². The number of non-ortho nitro benzene ring substituents is 1. The fourth-order valence-corrected chi connectivity index (χ4v) is 1.36. The maximum atomic E-state index is 10.6. The highest BCUT2D eigenvalue weighted by molar-refractivity contribution is 5.73. The Bertz CT molecular complexity index is 446. The van der Waals surface area contributed by atoms with Crippen LogP contribution >= 0.6 is 0 Å². The number of hydrogen-bond donors (Lipinski definition) is 2. The maximum Gasteiger partial charge on any atom is 0.320 e. The van der Waals surface area contributed by atoms with Crippen LogP contribution in [-0.2, 0) is 11.2 Å². The number of carboxylic acid groups (broad SMARTS) is 1. The second-order valence-corrected chi connectivity index (χ2v) is 3.40.